The van der Waals surface area contributed by atoms with E-state index in [0.717, 1.165) is 18.2 Å². The van der Waals surface area contributed by atoms with Crippen LogP contribution in [-0.2, 0) is 15.0 Å². The molecular formula is C19H18ClF2NO4. The molecule has 144 valence electrons. The molecule has 0 aliphatic rings. The number of aliphatic carboxylic acids is 1. The molecule has 0 radical (unpaired) electrons. The van der Waals surface area contributed by atoms with Gasteiger partial charge in [0.15, 0.2) is 0 Å². The topological polar surface area (TPSA) is 75.6 Å². The average molecular weight is 398 g/mol. The Hall–Kier alpha value is -2.67. The predicted octanol–water partition coefficient (Wildman–Crippen LogP) is 3.54. The summed E-state index contributed by atoms with van der Waals surface area (Å²) in [5.41, 5.74) is -1.15. The van der Waals surface area contributed by atoms with Gasteiger partial charge in [0, 0.05) is 10.6 Å². The lowest BCUT2D eigenvalue weighted by Gasteiger charge is -2.26. The average Bonchev–Trinajstić information content (AvgIpc) is 2.59. The van der Waals surface area contributed by atoms with Gasteiger partial charge in [0.2, 0.25) is 12.0 Å². The summed E-state index contributed by atoms with van der Waals surface area (Å²) in [6, 6.07) is 8.77. The van der Waals surface area contributed by atoms with Gasteiger partial charge in [0.1, 0.15) is 17.4 Å². The molecule has 1 atom stereocenters. The predicted molar refractivity (Wildman–Crippen MR) is 95.9 cm³/mol. The van der Waals surface area contributed by atoms with Crippen LogP contribution >= 0.6 is 11.6 Å². The molecule has 2 aromatic carbocycles. The van der Waals surface area contributed by atoms with Crippen LogP contribution in [0.25, 0.3) is 0 Å². The highest BCUT2D eigenvalue weighted by Crippen LogP contribution is 2.28. The molecule has 1 unspecified atom stereocenters. The van der Waals surface area contributed by atoms with Crippen molar-refractivity contribution < 1.29 is 28.2 Å². The lowest BCUT2D eigenvalue weighted by atomic mass is 9.83. The number of rotatable bonds is 7. The summed E-state index contributed by atoms with van der Waals surface area (Å²) in [5, 5.41) is 11.9. The maximum Gasteiger partial charge on any atom is 0.346 e. The van der Waals surface area contributed by atoms with E-state index in [1.165, 1.54) is 38.1 Å². The Morgan fingerprint density at radius 3 is 2.37 bits per heavy atom. The van der Waals surface area contributed by atoms with Crippen molar-refractivity contribution >= 4 is 23.5 Å². The Bertz CT molecular complexity index is 840. The minimum atomic E-state index is -1.40. The summed E-state index contributed by atoms with van der Waals surface area (Å²) in [6.07, 6.45) is -1.40. The Morgan fingerprint density at radius 1 is 1.19 bits per heavy atom. The van der Waals surface area contributed by atoms with Gasteiger partial charge in [0.25, 0.3) is 0 Å². The lowest BCUT2D eigenvalue weighted by molar-refractivity contribution is -0.145. The Morgan fingerprint density at radius 2 is 1.81 bits per heavy atom. The fourth-order valence-corrected chi connectivity index (χ4v) is 2.54. The van der Waals surface area contributed by atoms with Crippen LogP contribution < -0.4 is 10.1 Å². The van der Waals surface area contributed by atoms with Crippen molar-refractivity contribution in [3.63, 3.8) is 0 Å². The third-order valence-corrected chi connectivity index (χ3v) is 4.22. The van der Waals surface area contributed by atoms with Crippen molar-refractivity contribution in [2.45, 2.75) is 25.4 Å². The molecule has 0 saturated heterocycles. The third-order valence-electron chi connectivity index (χ3n) is 3.99. The highest BCUT2D eigenvalue weighted by Gasteiger charge is 2.33. The van der Waals surface area contributed by atoms with Gasteiger partial charge in [-0.3, -0.25) is 4.79 Å². The van der Waals surface area contributed by atoms with Crippen molar-refractivity contribution in [3.05, 3.63) is 64.7 Å². The molecule has 1 amide bonds. The van der Waals surface area contributed by atoms with E-state index in [4.69, 9.17) is 16.3 Å². The maximum atomic E-state index is 14.1. The minimum Gasteiger partial charge on any atom is -0.478 e. The third kappa shape index (κ3) is 5.17. The van der Waals surface area contributed by atoms with Crippen molar-refractivity contribution in [1.29, 1.82) is 0 Å². The molecule has 5 nitrogen and oxygen atoms in total. The number of hydrogen-bond donors (Lipinski definition) is 2. The molecule has 2 N–H and O–H groups in total. The zero-order valence-corrected chi connectivity index (χ0v) is 15.4. The number of carboxylic acid groups (broad SMARTS) is 1. The smallest absolute Gasteiger partial charge is 0.346 e. The fourth-order valence-electron chi connectivity index (χ4n) is 2.38. The standard InChI is InChI=1S/C19H18ClF2NO4/c1-19(2,14-8-3-11(20)9-15(14)22)18(26)23-10-16(17(24)25)27-13-6-4-12(21)5-7-13/h3-9,16H,10H2,1-2H3,(H,23,26)(H,24,25). The quantitative estimate of drug-likeness (QED) is 0.749. The van der Waals surface area contributed by atoms with Gasteiger partial charge >= 0.3 is 5.97 Å². The van der Waals surface area contributed by atoms with Crippen LogP contribution in [0.1, 0.15) is 19.4 Å². The second-order valence-electron chi connectivity index (χ2n) is 6.36. The van der Waals surface area contributed by atoms with Gasteiger partial charge in [0.05, 0.1) is 12.0 Å². The number of nitrogens with one attached hydrogen (secondary N) is 1. The zero-order chi connectivity index (χ0) is 20.2. The normalized spacial score (nSPS) is 12.3. The van der Waals surface area contributed by atoms with Crippen molar-refractivity contribution in [3.8, 4) is 5.75 Å². The summed E-state index contributed by atoms with van der Waals surface area (Å²) < 4.78 is 32.3. The van der Waals surface area contributed by atoms with Gasteiger partial charge in [-0.2, -0.15) is 0 Å². The molecular weight excluding hydrogens is 380 g/mol. The summed E-state index contributed by atoms with van der Waals surface area (Å²) in [7, 11) is 0. The molecule has 27 heavy (non-hydrogen) atoms. The molecule has 0 bridgehead atoms. The minimum absolute atomic E-state index is 0.121. The first-order chi connectivity index (χ1) is 12.6. The van der Waals surface area contributed by atoms with Gasteiger partial charge in [-0.1, -0.05) is 17.7 Å². The van der Waals surface area contributed by atoms with Crippen LogP contribution in [0, 0.1) is 11.6 Å². The highest BCUT2D eigenvalue weighted by molar-refractivity contribution is 6.30. The summed E-state index contributed by atoms with van der Waals surface area (Å²) >= 11 is 5.73. The number of benzene rings is 2. The van der Waals surface area contributed by atoms with Crippen LogP contribution in [0.15, 0.2) is 42.5 Å². The van der Waals surface area contributed by atoms with E-state index in [-0.39, 0.29) is 22.9 Å². The molecule has 2 aromatic rings. The van der Waals surface area contributed by atoms with Gasteiger partial charge in [-0.25, -0.2) is 13.6 Å². The molecule has 8 heteroatoms. The fraction of sp³-hybridized carbons (Fsp3) is 0.263. The largest absolute Gasteiger partial charge is 0.478 e. The Labute approximate surface area is 159 Å². The number of halogens is 3. The van der Waals surface area contributed by atoms with E-state index in [9.17, 15) is 23.5 Å². The number of carbonyl (C=O) groups is 2. The Balaban J connectivity index is 2.08. The molecule has 0 fully saturated rings. The van der Waals surface area contributed by atoms with Crippen molar-refractivity contribution in [2.24, 2.45) is 0 Å². The molecule has 0 saturated carbocycles. The second-order valence-corrected chi connectivity index (χ2v) is 6.79. The first kappa shape index (κ1) is 20.6. The van der Waals surface area contributed by atoms with Crippen molar-refractivity contribution in [1.82, 2.24) is 5.32 Å². The number of ether oxygens (including phenoxy) is 1. The molecule has 0 aliphatic heterocycles. The molecule has 0 aromatic heterocycles. The molecule has 0 heterocycles. The summed E-state index contributed by atoms with van der Waals surface area (Å²) in [4.78, 5) is 23.9. The van der Waals surface area contributed by atoms with E-state index in [0.29, 0.717) is 0 Å². The second kappa shape index (κ2) is 8.35. The van der Waals surface area contributed by atoms with Gasteiger partial charge < -0.3 is 15.2 Å². The van der Waals surface area contributed by atoms with E-state index >= 15 is 0 Å². The van der Waals surface area contributed by atoms with E-state index < -0.39 is 35.0 Å². The van der Waals surface area contributed by atoms with E-state index in [1.807, 2.05) is 0 Å². The van der Waals surface area contributed by atoms with Crippen molar-refractivity contribution in [2.75, 3.05) is 6.54 Å². The van der Waals surface area contributed by atoms with Crippen LogP contribution in [0.4, 0.5) is 8.78 Å². The number of carboxylic acids is 1. The Kier molecular flexibility index (Phi) is 6.38. The van der Waals surface area contributed by atoms with Gasteiger partial charge in [-0.15, -0.1) is 0 Å². The van der Waals surface area contributed by atoms with Crippen LogP contribution in [-0.4, -0.2) is 29.6 Å². The summed E-state index contributed by atoms with van der Waals surface area (Å²) in [5.74, 6) is -2.89. The number of carbonyl (C=O) groups excluding carboxylic acids is 1. The van der Waals surface area contributed by atoms with Crippen LogP contribution in [0.3, 0.4) is 0 Å². The monoisotopic (exact) mass is 397 g/mol. The molecule has 2 rings (SSSR count). The maximum absolute atomic E-state index is 14.1. The molecule has 0 aliphatic carbocycles. The van der Waals surface area contributed by atoms with Crippen LogP contribution in [0.2, 0.25) is 5.02 Å². The van der Waals surface area contributed by atoms with E-state index in [2.05, 4.69) is 5.32 Å². The van der Waals surface area contributed by atoms with Crippen LogP contribution in [0.5, 0.6) is 5.75 Å². The number of amides is 1. The zero-order valence-electron chi connectivity index (χ0n) is 14.6. The molecule has 0 spiro atoms. The number of hydrogen-bond acceptors (Lipinski definition) is 3. The van der Waals surface area contributed by atoms with E-state index in [1.54, 1.807) is 0 Å². The first-order valence-electron chi connectivity index (χ1n) is 8.00. The highest BCUT2D eigenvalue weighted by atomic mass is 35.5. The van der Waals surface area contributed by atoms with Gasteiger partial charge in [-0.05, 0) is 50.2 Å². The SMILES string of the molecule is CC(C)(C(=O)NCC(Oc1ccc(F)cc1)C(=O)O)c1ccc(Cl)cc1F. The first-order valence-corrected chi connectivity index (χ1v) is 8.38. The lowest BCUT2D eigenvalue weighted by Crippen LogP contribution is -2.46. The summed E-state index contributed by atoms with van der Waals surface area (Å²) in [6.45, 7) is 2.65.